The van der Waals surface area contributed by atoms with E-state index >= 15 is 0 Å². The number of thioether (sulfide) groups is 1. The molecule has 0 bridgehead atoms. The fourth-order valence-electron chi connectivity index (χ4n) is 3.29. The van der Waals surface area contributed by atoms with Gasteiger partial charge in [-0.25, -0.2) is 4.79 Å². The molecule has 0 saturated carbocycles. The van der Waals surface area contributed by atoms with Crippen LogP contribution in [0.2, 0.25) is 5.02 Å². The molecule has 2 amide bonds. The zero-order valence-electron chi connectivity index (χ0n) is 19.7. The maximum Gasteiger partial charge on any atom is 0.337 e. The van der Waals surface area contributed by atoms with Gasteiger partial charge in [0.1, 0.15) is 0 Å². The van der Waals surface area contributed by atoms with Crippen molar-refractivity contribution in [2.24, 2.45) is 13.0 Å². The molecule has 1 atom stereocenters. The molecular formula is C24H26ClN5O4S. The maximum absolute atomic E-state index is 12.8. The van der Waals surface area contributed by atoms with Gasteiger partial charge in [-0.1, -0.05) is 55.4 Å². The summed E-state index contributed by atoms with van der Waals surface area (Å²) in [6.45, 7) is 3.93. The number of halogens is 1. The van der Waals surface area contributed by atoms with Crippen LogP contribution in [0, 0.1) is 5.92 Å². The van der Waals surface area contributed by atoms with E-state index < -0.39 is 12.0 Å². The van der Waals surface area contributed by atoms with Gasteiger partial charge >= 0.3 is 5.97 Å². The Morgan fingerprint density at radius 3 is 2.54 bits per heavy atom. The minimum atomic E-state index is -0.483. The highest BCUT2D eigenvalue weighted by Crippen LogP contribution is 2.25. The first-order valence-electron chi connectivity index (χ1n) is 10.8. The summed E-state index contributed by atoms with van der Waals surface area (Å²) in [7, 11) is 3.08. The summed E-state index contributed by atoms with van der Waals surface area (Å²) < 4.78 is 6.46. The Morgan fingerprint density at radius 2 is 1.86 bits per heavy atom. The zero-order chi connectivity index (χ0) is 25.5. The quantitative estimate of drug-likeness (QED) is 0.325. The van der Waals surface area contributed by atoms with E-state index in [4.69, 9.17) is 16.3 Å². The normalized spacial score (nSPS) is 11.7. The van der Waals surface area contributed by atoms with Gasteiger partial charge in [0.05, 0.1) is 35.1 Å². The van der Waals surface area contributed by atoms with Crippen molar-refractivity contribution >= 4 is 46.8 Å². The minimum Gasteiger partial charge on any atom is -0.465 e. The SMILES string of the molecule is COC(=O)c1cccc(NC(=O)CSc2nnc([C@@H](NC(=O)c3ccccc3Cl)C(C)C)n2C)c1. The van der Waals surface area contributed by atoms with Gasteiger partial charge in [-0.3, -0.25) is 9.59 Å². The van der Waals surface area contributed by atoms with E-state index in [1.807, 2.05) is 13.8 Å². The molecule has 0 aliphatic heterocycles. The molecular weight excluding hydrogens is 490 g/mol. The summed E-state index contributed by atoms with van der Waals surface area (Å²) >= 11 is 7.37. The Kier molecular flexibility index (Phi) is 8.89. The number of amides is 2. The lowest BCUT2D eigenvalue weighted by Gasteiger charge is -2.22. The van der Waals surface area contributed by atoms with Crippen LogP contribution in [0.25, 0.3) is 0 Å². The lowest BCUT2D eigenvalue weighted by molar-refractivity contribution is -0.113. The van der Waals surface area contributed by atoms with Crippen LogP contribution in [0.15, 0.2) is 53.7 Å². The average Bonchev–Trinajstić information content (AvgIpc) is 3.20. The molecule has 2 N–H and O–H groups in total. The third-order valence-electron chi connectivity index (χ3n) is 5.12. The Bertz CT molecular complexity index is 1230. The topological polar surface area (TPSA) is 115 Å². The van der Waals surface area contributed by atoms with Gasteiger partial charge in [-0.2, -0.15) is 0 Å². The maximum atomic E-state index is 12.8. The molecule has 0 aliphatic rings. The van der Waals surface area contributed by atoms with Gasteiger partial charge < -0.3 is 19.9 Å². The summed E-state index contributed by atoms with van der Waals surface area (Å²) in [6, 6.07) is 12.9. The Hall–Kier alpha value is -3.37. The summed E-state index contributed by atoms with van der Waals surface area (Å²) in [5, 5.41) is 15.1. The van der Waals surface area contributed by atoms with Gasteiger partial charge in [-0.15, -0.1) is 10.2 Å². The van der Waals surface area contributed by atoms with E-state index in [2.05, 4.69) is 20.8 Å². The van der Waals surface area contributed by atoms with Crippen LogP contribution in [0.1, 0.15) is 46.4 Å². The molecule has 2 aromatic carbocycles. The van der Waals surface area contributed by atoms with Crippen molar-refractivity contribution in [2.45, 2.75) is 25.0 Å². The minimum absolute atomic E-state index is 0.0209. The molecule has 184 valence electrons. The number of carbonyl (C=O) groups excluding carboxylic acids is 3. The number of esters is 1. The molecule has 3 rings (SSSR count). The molecule has 3 aromatic rings. The van der Waals surface area contributed by atoms with E-state index in [1.165, 1.54) is 18.9 Å². The van der Waals surface area contributed by atoms with Crippen molar-refractivity contribution in [3.05, 3.63) is 70.5 Å². The fraction of sp³-hybridized carbons (Fsp3) is 0.292. The zero-order valence-corrected chi connectivity index (χ0v) is 21.3. The van der Waals surface area contributed by atoms with Crippen LogP contribution in [0.3, 0.4) is 0 Å². The highest BCUT2D eigenvalue weighted by molar-refractivity contribution is 7.99. The molecule has 0 radical (unpaired) electrons. The predicted molar refractivity (Wildman–Crippen MR) is 135 cm³/mol. The molecule has 0 unspecified atom stereocenters. The van der Waals surface area contributed by atoms with E-state index in [-0.39, 0.29) is 23.5 Å². The van der Waals surface area contributed by atoms with E-state index in [1.54, 1.807) is 60.1 Å². The highest BCUT2D eigenvalue weighted by Gasteiger charge is 2.26. The van der Waals surface area contributed by atoms with E-state index in [9.17, 15) is 14.4 Å². The van der Waals surface area contributed by atoms with Crippen LogP contribution < -0.4 is 10.6 Å². The first kappa shape index (κ1) is 26.2. The summed E-state index contributed by atoms with van der Waals surface area (Å²) in [6.07, 6.45) is 0. The molecule has 35 heavy (non-hydrogen) atoms. The highest BCUT2D eigenvalue weighted by atomic mass is 35.5. The second-order valence-electron chi connectivity index (χ2n) is 7.98. The van der Waals surface area contributed by atoms with Crippen molar-refractivity contribution < 1.29 is 19.1 Å². The molecule has 0 aliphatic carbocycles. The average molecular weight is 516 g/mol. The number of nitrogens with zero attached hydrogens (tertiary/aromatic N) is 3. The number of rotatable bonds is 9. The number of hydrogen-bond donors (Lipinski definition) is 2. The van der Waals surface area contributed by atoms with Crippen LogP contribution in [-0.2, 0) is 16.6 Å². The monoisotopic (exact) mass is 515 g/mol. The number of ether oxygens (including phenoxy) is 1. The molecule has 0 spiro atoms. The van der Waals surface area contributed by atoms with Crippen molar-refractivity contribution in [1.29, 1.82) is 0 Å². The molecule has 9 nitrogen and oxygen atoms in total. The van der Waals surface area contributed by atoms with Crippen molar-refractivity contribution in [1.82, 2.24) is 20.1 Å². The molecule has 0 saturated heterocycles. The van der Waals surface area contributed by atoms with Crippen molar-refractivity contribution in [2.75, 3.05) is 18.2 Å². The number of hydrogen-bond acceptors (Lipinski definition) is 7. The standard InChI is InChI=1S/C24H26ClN5O4S/c1-14(2)20(27-22(32)17-10-5-6-11-18(17)25)21-28-29-24(30(21)3)35-13-19(31)26-16-9-7-8-15(12-16)23(33)34-4/h5-12,14,20H,13H2,1-4H3,(H,26,31)(H,27,32)/t20-/m0/s1. The lowest BCUT2D eigenvalue weighted by atomic mass is 10.0. The van der Waals surface area contributed by atoms with Crippen LogP contribution in [-0.4, -0.2) is 45.4 Å². The molecule has 0 fully saturated rings. The number of benzene rings is 2. The molecule has 1 heterocycles. The number of carbonyl (C=O) groups is 3. The van der Waals surface area contributed by atoms with Crippen LogP contribution in [0.5, 0.6) is 0 Å². The van der Waals surface area contributed by atoms with Gasteiger partial charge in [0.25, 0.3) is 5.91 Å². The summed E-state index contributed by atoms with van der Waals surface area (Å²) in [5.74, 6) is -0.397. The fourth-order valence-corrected chi connectivity index (χ4v) is 4.22. The number of methoxy groups -OCH3 is 1. The number of aromatic nitrogens is 3. The Balaban J connectivity index is 1.66. The van der Waals surface area contributed by atoms with E-state index in [0.29, 0.717) is 32.8 Å². The Morgan fingerprint density at radius 1 is 1.11 bits per heavy atom. The largest absolute Gasteiger partial charge is 0.465 e. The third-order valence-corrected chi connectivity index (χ3v) is 6.47. The Labute approximate surface area is 212 Å². The van der Waals surface area contributed by atoms with Crippen molar-refractivity contribution in [3.63, 3.8) is 0 Å². The van der Waals surface area contributed by atoms with Crippen molar-refractivity contribution in [3.8, 4) is 0 Å². The van der Waals surface area contributed by atoms with Crippen LogP contribution in [0.4, 0.5) is 5.69 Å². The molecule has 1 aromatic heterocycles. The smallest absolute Gasteiger partial charge is 0.337 e. The number of nitrogens with one attached hydrogen (secondary N) is 2. The molecule has 11 heteroatoms. The predicted octanol–water partition coefficient (Wildman–Crippen LogP) is 4.11. The summed E-state index contributed by atoms with van der Waals surface area (Å²) in [5.41, 5.74) is 1.21. The second kappa shape index (κ2) is 11.9. The van der Waals surface area contributed by atoms with Gasteiger partial charge in [0.15, 0.2) is 11.0 Å². The van der Waals surface area contributed by atoms with Gasteiger partial charge in [-0.05, 0) is 36.2 Å². The second-order valence-corrected chi connectivity index (χ2v) is 9.33. The van der Waals surface area contributed by atoms with E-state index in [0.717, 1.165) is 0 Å². The first-order chi connectivity index (χ1) is 16.7. The van der Waals surface area contributed by atoms with Gasteiger partial charge in [0, 0.05) is 12.7 Å². The third kappa shape index (κ3) is 6.61. The summed E-state index contributed by atoms with van der Waals surface area (Å²) in [4.78, 5) is 36.9. The van der Waals surface area contributed by atoms with Gasteiger partial charge in [0.2, 0.25) is 5.91 Å². The van der Waals surface area contributed by atoms with Crippen LogP contribution >= 0.6 is 23.4 Å². The number of anilines is 1. The first-order valence-corrected chi connectivity index (χ1v) is 12.1. The lowest BCUT2D eigenvalue weighted by Crippen LogP contribution is -2.33.